The largest absolute Gasteiger partial charge is 0.495 e. The van der Waals surface area contributed by atoms with Gasteiger partial charge in [0.25, 0.3) is 0 Å². The Hall–Kier alpha value is -1.60. The molecular weight excluding hydrogens is 318 g/mol. The summed E-state index contributed by atoms with van der Waals surface area (Å²) in [6.07, 6.45) is 1.72. The van der Waals surface area contributed by atoms with Crippen molar-refractivity contribution in [2.45, 2.75) is 50.1 Å². The lowest BCUT2D eigenvalue weighted by atomic mass is 9.89. The predicted octanol–water partition coefficient (Wildman–Crippen LogP) is 1.94. The maximum atomic E-state index is 13.2. The van der Waals surface area contributed by atoms with Crippen LogP contribution in [0.25, 0.3) is 0 Å². The highest BCUT2D eigenvalue weighted by molar-refractivity contribution is 7.89. The quantitative estimate of drug-likeness (QED) is 0.906. The summed E-state index contributed by atoms with van der Waals surface area (Å²) in [4.78, 5) is 11.5. The third kappa shape index (κ3) is 2.42. The summed E-state index contributed by atoms with van der Waals surface area (Å²) >= 11 is 0. The number of benzene rings is 1. The molecule has 126 valence electrons. The van der Waals surface area contributed by atoms with E-state index in [0.29, 0.717) is 24.2 Å². The zero-order valence-electron chi connectivity index (χ0n) is 13.4. The molecule has 2 heterocycles. The Morgan fingerprint density at radius 2 is 2.00 bits per heavy atom. The molecule has 0 spiro atoms. The number of ether oxygens (including phenoxy) is 1. The van der Waals surface area contributed by atoms with Crippen LogP contribution in [0.1, 0.15) is 30.4 Å². The molecule has 3 unspecified atom stereocenters. The lowest BCUT2D eigenvalue weighted by Gasteiger charge is -2.24. The van der Waals surface area contributed by atoms with Crippen LogP contribution in [0, 0.1) is 19.8 Å². The number of rotatable bonds is 4. The van der Waals surface area contributed by atoms with Gasteiger partial charge in [0.05, 0.1) is 13.0 Å². The van der Waals surface area contributed by atoms with E-state index in [1.54, 1.807) is 13.0 Å². The first-order valence-electron chi connectivity index (χ1n) is 7.69. The minimum atomic E-state index is -3.79. The summed E-state index contributed by atoms with van der Waals surface area (Å²) in [5, 5.41) is 9.33. The summed E-state index contributed by atoms with van der Waals surface area (Å²) in [5.41, 5.74) is 1.55. The number of carboxylic acid groups (broad SMARTS) is 1. The van der Waals surface area contributed by atoms with Crippen molar-refractivity contribution in [3.05, 3.63) is 23.3 Å². The maximum absolute atomic E-state index is 13.2. The predicted molar refractivity (Wildman–Crippen MR) is 84.0 cm³/mol. The molecule has 3 rings (SSSR count). The van der Waals surface area contributed by atoms with Crippen LogP contribution in [0.15, 0.2) is 17.0 Å². The molecule has 7 heteroatoms. The number of aliphatic carboxylic acids is 1. The van der Waals surface area contributed by atoms with Crippen LogP contribution in [0.5, 0.6) is 5.75 Å². The van der Waals surface area contributed by atoms with Gasteiger partial charge in [0.2, 0.25) is 10.0 Å². The number of hydrogen-bond donors (Lipinski definition) is 1. The topological polar surface area (TPSA) is 83.9 Å². The van der Waals surface area contributed by atoms with Gasteiger partial charge >= 0.3 is 5.97 Å². The lowest BCUT2D eigenvalue weighted by Crippen LogP contribution is -2.38. The van der Waals surface area contributed by atoms with E-state index in [2.05, 4.69) is 0 Å². The standard InChI is InChI=1S/C16H21NO5S/c1-9-6-10(2)15(14(7-9)22-3)23(20,21)17-11-4-5-13(17)12(8-11)16(18)19/h6-7,11-13H,4-5,8H2,1-3H3,(H,18,19). The van der Waals surface area contributed by atoms with Gasteiger partial charge in [0.15, 0.2) is 0 Å². The summed E-state index contributed by atoms with van der Waals surface area (Å²) in [6.45, 7) is 3.63. The lowest BCUT2D eigenvalue weighted by molar-refractivity contribution is -0.142. The average Bonchev–Trinajstić information content (AvgIpc) is 3.04. The summed E-state index contributed by atoms with van der Waals surface area (Å²) in [7, 11) is -2.34. The smallest absolute Gasteiger partial charge is 0.308 e. The van der Waals surface area contributed by atoms with Gasteiger partial charge in [-0.15, -0.1) is 0 Å². The fourth-order valence-corrected chi connectivity index (χ4v) is 6.35. The first kappa shape index (κ1) is 16.3. The van der Waals surface area contributed by atoms with Crippen LogP contribution in [0.4, 0.5) is 0 Å². The van der Waals surface area contributed by atoms with Crippen molar-refractivity contribution in [2.24, 2.45) is 5.92 Å². The van der Waals surface area contributed by atoms with Crippen molar-refractivity contribution in [1.82, 2.24) is 4.31 Å². The van der Waals surface area contributed by atoms with E-state index in [0.717, 1.165) is 12.0 Å². The number of methoxy groups -OCH3 is 1. The average molecular weight is 339 g/mol. The molecule has 2 fully saturated rings. The second kappa shape index (κ2) is 5.49. The molecule has 1 N–H and O–H groups in total. The molecule has 23 heavy (non-hydrogen) atoms. The molecule has 2 saturated heterocycles. The van der Waals surface area contributed by atoms with Gasteiger partial charge < -0.3 is 9.84 Å². The SMILES string of the molecule is COc1cc(C)cc(C)c1S(=O)(=O)N1C2CCC1C(C(=O)O)C2. The van der Waals surface area contributed by atoms with Crippen molar-refractivity contribution in [1.29, 1.82) is 0 Å². The highest BCUT2D eigenvalue weighted by Gasteiger charge is 2.55. The molecule has 1 aromatic carbocycles. The van der Waals surface area contributed by atoms with E-state index in [4.69, 9.17) is 4.74 Å². The molecule has 0 radical (unpaired) electrons. The van der Waals surface area contributed by atoms with Crippen molar-refractivity contribution < 1.29 is 23.1 Å². The highest BCUT2D eigenvalue weighted by Crippen LogP contribution is 2.46. The third-order valence-corrected chi connectivity index (χ3v) is 7.09. The van der Waals surface area contributed by atoms with Crippen LogP contribution >= 0.6 is 0 Å². The molecule has 0 aromatic heterocycles. The molecule has 0 amide bonds. The van der Waals surface area contributed by atoms with E-state index < -0.39 is 28.0 Å². The zero-order chi connectivity index (χ0) is 16.9. The van der Waals surface area contributed by atoms with Crippen LogP contribution in [0.2, 0.25) is 0 Å². The number of sulfonamides is 1. The molecule has 2 bridgehead atoms. The first-order chi connectivity index (χ1) is 10.8. The number of hydrogen-bond acceptors (Lipinski definition) is 4. The molecule has 6 nitrogen and oxygen atoms in total. The molecule has 3 atom stereocenters. The van der Waals surface area contributed by atoms with Crippen LogP contribution in [-0.4, -0.2) is 43.0 Å². The minimum Gasteiger partial charge on any atom is -0.495 e. The number of carboxylic acids is 1. The fraction of sp³-hybridized carbons (Fsp3) is 0.562. The van der Waals surface area contributed by atoms with Crippen molar-refractivity contribution >= 4 is 16.0 Å². The Bertz CT molecular complexity index is 758. The fourth-order valence-electron chi connectivity index (χ4n) is 4.08. The summed E-state index contributed by atoms with van der Waals surface area (Å²) < 4.78 is 33.2. The van der Waals surface area contributed by atoms with E-state index in [-0.39, 0.29) is 10.9 Å². The van der Waals surface area contributed by atoms with Crippen LogP contribution in [0.3, 0.4) is 0 Å². The third-order valence-electron chi connectivity index (χ3n) is 4.93. The van der Waals surface area contributed by atoms with Crippen molar-refractivity contribution in [3.8, 4) is 5.75 Å². The molecule has 2 aliphatic heterocycles. The van der Waals surface area contributed by atoms with Gasteiger partial charge in [-0.05, 0) is 50.3 Å². The normalized spacial score (nSPS) is 27.3. The van der Waals surface area contributed by atoms with Crippen molar-refractivity contribution in [3.63, 3.8) is 0 Å². The van der Waals surface area contributed by atoms with Crippen molar-refractivity contribution in [2.75, 3.05) is 7.11 Å². The van der Waals surface area contributed by atoms with E-state index in [1.807, 2.05) is 13.0 Å². The second-order valence-electron chi connectivity index (χ2n) is 6.43. The monoisotopic (exact) mass is 339 g/mol. The highest BCUT2D eigenvalue weighted by atomic mass is 32.2. The minimum absolute atomic E-state index is 0.161. The van der Waals surface area contributed by atoms with Gasteiger partial charge in [-0.25, -0.2) is 8.42 Å². The van der Waals surface area contributed by atoms with Gasteiger partial charge in [-0.3, -0.25) is 4.79 Å². The molecule has 2 aliphatic rings. The van der Waals surface area contributed by atoms with E-state index in [1.165, 1.54) is 11.4 Å². The molecule has 0 aliphatic carbocycles. The Morgan fingerprint density at radius 3 is 2.57 bits per heavy atom. The van der Waals surface area contributed by atoms with E-state index >= 15 is 0 Å². The van der Waals surface area contributed by atoms with E-state index in [9.17, 15) is 18.3 Å². The number of nitrogens with zero attached hydrogens (tertiary/aromatic N) is 1. The Morgan fingerprint density at radius 1 is 1.30 bits per heavy atom. The van der Waals surface area contributed by atoms with Crippen LogP contribution in [-0.2, 0) is 14.8 Å². The molecular formula is C16H21NO5S. The van der Waals surface area contributed by atoms with Crippen LogP contribution < -0.4 is 4.74 Å². The Balaban J connectivity index is 2.09. The number of fused-ring (bicyclic) bond motifs is 2. The Labute approximate surface area is 136 Å². The molecule has 0 saturated carbocycles. The Kier molecular flexibility index (Phi) is 3.88. The molecule has 1 aromatic rings. The summed E-state index contributed by atoms with van der Waals surface area (Å²) in [5.74, 6) is -1.20. The van der Waals surface area contributed by atoms with Gasteiger partial charge in [-0.2, -0.15) is 4.31 Å². The van der Waals surface area contributed by atoms with Gasteiger partial charge in [0, 0.05) is 12.1 Å². The van der Waals surface area contributed by atoms with Gasteiger partial charge in [-0.1, -0.05) is 6.07 Å². The number of aryl methyl sites for hydroxylation is 2. The maximum Gasteiger partial charge on any atom is 0.308 e. The summed E-state index contributed by atoms with van der Waals surface area (Å²) in [6, 6.07) is 2.83. The zero-order valence-corrected chi connectivity index (χ0v) is 14.3. The first-order valence-corrected chi connectivity index (χ1v) is 9.13. The second-order valence-corrected chi connectivity index (χ2v) is 8.21. The van der Waals surface area contributed by atoms with Gasteiger partial charge in [0.1, 0.15) is 10.6 Å². The number of carbonyl (C=O) groups is 1.